The summed E-state index contributed by atoms with van der Waals surface area (Å²) in [5, 5.41) is 11.3. The summed E-state index contributed by atoms with van der Waals surface area (Å²) in [5.41, 5.74) is 1.49. The van der Waals surface area contributed by atoms with Gasteiger partial charge in [-0.15, -0.1) is 0 Å². The summed E-state index contributed by atoms with van der Waals surface area (Å²) in [6, 6.07) is 16.5. The Morgan fingerprint density at radius 2 is 1.90 bits per heavy atom. The molecule has 5 heteroatoms. The van der Waals surface area contributed by atoms with Crippen LogP contribution in [-0.2, 0) is 11.2 Å². The van der Waals surface area contributed by atoms with Crippen molar-refractivity contribution in [2.24, 2.45) is 0 Å². The van der Waals surface area contributed by atoms with Crippen LogP contribution in [0.2, 0.25) is 0 Å². The zero-order chi connectivity index (χ0) is 15.1. The summed E-state index contributed by atoms with van der Waals surface area (Å²) < 4.78 is 6.25. The number of ether oxygens (including phenoxy) is 1. The lowest BCUT2D eigenvalue weighted by atomic mass is 10.1. The van der Waals surface area contributed by atoms with Gasteiger partial charge in [-0.3, -0.25) is 4.79 Å². The maximum atomic E-state index is 12.0. The van der Waals surface area contributed by atoms with Crippen molar-refractivity contribution in [3.63, 3.8) is 0 Å². The summed E-state index contributed by atoms with van der Waals surface area (Å²) in [5.74, 6) is 0.355. The van der Waals surface area contributed by atoms with Crippen molar-refractivity contribution < 1.29 is 9.53 Å². The smallest absolute Gasteiger partial charge is 0.228 e. The number of nitrogens with one attached hydrogen (secondary N) is 1. The maximum absolute atomic E-state index is 12.0. The van der Waals surface area contributed by atoms with Crippen molar-refractivity contribution in [3.8, 4) is 11.8 Å². The molecule has 2 aromatic rings. The predicted molar refractivity (Wildman–Crippen MR) is 84.0 cm³/mol. The average Bonchev–Trinajstić information content (AvgIpc) is 2.49. The fraction of sp³-hybridized carbons (Fsp3) is 0.125. The molecule has 0 aliphatic rings. The van der Waals surface area contributed by atoms with Crippen molar-refractivity contribution >= 4 is 27.5 Å². The van der Waals surface area contributed by atoms with Gasteiger partial charge in [-0.05, 0) is 29.8 Å². The van der Waals surface area contributed by atoms with Gasteiger partial charge >= 0.3 is 0 Å². The first-order valence-corrected chi connectivity index (χ1v) is 7.11. The number of amides is 1. The van der Waals surface area contributed by atoms with Crippen LogP contribution in [0.4, 0.5) is 5.69 Å². The molecule has 1 amide bonds. The van der Waals surface area contributed by atoms with Crippen LogP contribution in [0.1, 0.15) is 5.56 Å². The Labute approximate surface area is 131 Å². The molecule has 0 aliphatic carbocycles. The minimum Gasteiger partial charge on any atom is -0.477 e. The molecule has 0 bridgehead atoms. The molecule has 0 radical (unpaired) electrons. The predicted octanol–water partition coefficient (Wildman–Crippen LogP) is 3.53. The summed E-state index contributed by atoms with van der Waals surface area (Å²) >= 11 is 3.36. The van der Waals surface area contributed by atoms with Gasteiger partial charge in [0.05, 0.1) is 12.1 Å². The number of anilines is 1. The van der Waals surface area contributed by atoms with Crippen molar-refractivity contribution in [2.75, 3.05) is 11.9 Å². The molecule has 0 fully saturated rings. The van der Waals surface area contributed by atoms with Crippen molar-refractivity contribution in [2.45, 2.75) is 6.42 Å². The number of carbonyl (C=O) groups is 1. The molecule has 2 aromatic carbocycles. The van der Waals surface area contributed by atoms with E-state index in [1.165, 1.54) is 0 Å². The van der Waals surface area contributed by atoms with Crippen molar-refractivity contribution in [1.29, 1.82) is 5.26 Å². The molecule has 106 valence electrons. The Hall–Kier alpha value is -2.32. The lowest BCUT2D eigenvalue weighted by molar-refractivity contribution is -0.115. The van der Waals surface area contributed by atoms with E-state index in [4.69, 9.17) is 10.00 Å². The molecule has 2 rings (SSSR count). The van der Waals surface area contributed by atoms with E-state index in [-0.39, 0.29) is 18.9 Å². The Morgan fingerprint density at radius 3 is 2.62 bits per heavy atom. The second kappa shape index (κ2) is 7.46. The molecule has 0 heterocycles. The molecule has 4 nitrogen and oxygen atoms in total. The lowest BCUT2D eigenvalue weighted by Crippen LogP contribution is -2.15. The quantitative estimate of drug-likeness (QED) is 0.902. The normalized spacial score (nSPS) is 9.71. The number of hydrogen-bond donors (Lipinski definition) is 1. The average molecular weight is 345 g/mol. The van der Waals surface area contributed by atoms with E-state index in [0.29, 0.717) is 11.4 Å². The summed E-state index contributed by atoms with van der Waals surface area (Å²) in [7, 11) is 0. The lowest BCUT2D eigenvalue weighted by Gasteiger charge is -2.10. The number of halogens is 1. The first kappa shape index (κ1) is 15.1. The van der Waals surface area contributed by atoms with Gasteiger partial charge in [0.1, 0.15) is 11.8 Å². The Bertz CT molecular complexity index is 663. The third-order valence-corrected chi connectivity index (χ3v) is 3.26. The summed E-state index contributed by atoms with van der Waals surface area (Å²) in [6.07, 6.45) is 0.278. The molecule has 0 spiro atoms. The molecule has 0 atom stereocenters. The van der Waals surface area contributed by atoms with Crippen molar-refractivity contribution in [1.82, 2.24) is 0 Å². The van der Waals surface area contributed by atoms with Crippen LogP contribution in [0.15, 0.2) is 53.0 Å². The first-order chi connectivity index (χ1) is 10.2. The molecular weight excluding hydrogens is 332 g/mol. The van der Waals surface area contributed by atoms with Gasteiger partial charge in [0.2, 0.25) is 5.91 Å². The second-order valence-corrected chi connectivity index (χ2v) is 5.21. The minimum atomic E-state index is -0.134. The van der Waals surface area contributed by atoms with Crippen LogP contribution in [-0.4, -0.2) is 12.5 Å². The van der Waals surface area contributed by atoms with Gasteiger partial charge in [-0.25, -0.2) is 0 Å². The Morgan fingerprint density at radius 1 is 1.19 bits per heavy atom. The highest BCUT2D eigenvalue weighted by Crippen LogP contribution is 2.23. The molecular formula is C16H13BrN2O2. The number of para-hydroxylation sites is 2. The van der Waals surface area contributed by atoms with Gasteiger partial charge in [0.25, 0.3) is 0 Å². The van der Waals surface area contributed by atoms with Crippen LogP contribution < -0.4 is 10.1 Å². The minimum absolute atomic E-state index is 0.0560. The number of hydrogen-bond acceptors (Lipinski definition) is 3. The zero-order valence-electron chi connectivity index (χ0n) is 11.2. The highest BCUT2D eigenvalue weighted by atomic mass is 79.9. The van der Waals surface area contributed by atoms with Crippen LogP contribution in [0.3, 0.4) is 0 Å². The highest BCUT2D eigenvalue weighted by Gasteiger charge is 2.08. The van der Waals surface area contributed by atoms with Gasteiger partial charge in [-0.2, -0.15) is 5.26 Å². The summed E-state index contributed by atoms with van der Waals surface area (Å²) in [4.78, 5) is 12.0. The van der Waals surface area contributed by atoms with E-state index >= 15 is 0 Å². The van der Waals surface area contributed by atoms with Crippen LogP contribution in [0.5, 0.6) is 5.75 Å². The van der Waals surface area contributed by atoms with E-state index in [9.17, 15) is 4.79 Å². The Balaban J connectivity index is 2.02. The van der Waals surface area contributed by atoms with Gasteiger partial charge in [-0.1, -0.05) is 40.2 Å². The monoisotopic (exact) mass is 344 g/mol. The molecule has 21 heavy (non-hydrogen) atoms. The number of carbonyl (C=O) groups excluding carboxylic acids is 1. The number of nitrogens with zero attached hydrogens (tertiary/aromatic N) is 1. The number of nitriles is 1. The van der Waals surface area contributed by atoms with Crippen LogP contribution in [0, 0.1) is 11.3 Å². The second-order valence-electron chi connectivity index (χ2n) is 4.29. The first-order valence-electron chi connectivity index (χ1n) is 6.32. The molecule has 0 aliphatic heterocycles. The van der Waals surface area contributed by atoms with E-state index in [1.54, 1.807) is 24.3 Å². The number of benzene rings is 2. The largest absolute Gasteiger partial charge is 0.477 e. The van der Waals surface area contributed by atoms with Crippen molar-refractivity contribution in [3.05, 3.63) is 58.6 Å². The molecule has 0 saturated heterocycles. The SMILES string of the molecule is N#CCOc1ccccc1NC(=O)Cc1ccc(Br)cc1. The standard InChI is InChI=1S/C16H13BrN2O2/c17-13-7-5-12(6-8-13)11-16(20)19-14-3-1-2-4-15(14)21-10-9-18/h1-8H,10-11H2,(H,19,20). The van der Waals surface area contributed by atoms with Gasteiger partial charge in [0, 0.05) is 4.47 Å². The molecule has 0 aromatic heterocycles. The molecule has 1 N–H and O–H groups in total. The zero-order valence-corrected chi connectivity index (χ0v) is 12.8. The Kier molecular flexibility index (Phi) is 5.35. The van der Waals surface area contributed by atoms with Crippen LogP contribution in [0.25, 0.3) is 0 Å². The van der Waals surface area contributed by atoms with Gasteiger partial charge < -0.3 is 10.1 Å². The third kappa shape index (κ3) is 4.62. The fourth-order valence-electron chi connectivity index (χ4n) is 1.79. The van der Waals surface area contributed by atoms with E-state index in [1.807, 2.05) is 30.3 Å². The summed E-state index contributed by atoms with van der Waals surface area (Å²) in [6.45, 7) is -0.0560. The maximum Gasteiger partial charge on any atom is 0.228 e. The molecule has 0 unspecified atom stereocenters. The van der Waals surface area contributed by atoms with Crippen LogP contribution >= 0.6 is 15.9 Å². The van der Waals surface area contributed by atoms with E-state index in [2.05, 4.69) is 21.2 Å². The topological polar surface area (TPSA) is 62.1 Å². The van der Waals surface area contributed by atoms with E-state index in [0.717, 1.165) is 10.0 Å². The van der Waals surface area contributed by atoms with E-state index < -0.39 is 0 Å². The highest BCUT2D eigenvalue weighted by molar-refractivity contribution is 9.10. The van der Waals surface area contributed by atoms with Gasteiger partial charge in [0.15, 0.2) is 6.61 Å². The fourth-order valence-corrected chi connectivity index (χ4v) is 2.05. The number of rotatable bonds is 5. The third-order valence-electron chi connectivity index (χ3n) is 2.73. The molecule has 0 saturated carbocycles.